The molecule has 2 rings (SSSR count). The highest BCUT2D eigenvalue weighted by molar-refractivity contribution is 6.45. The first-order chi connectivity index (χ1) is 14.6. The number of carboxylic acid groups (broad SMARTS) is 5. The first-order valence-electron chi connectivity index (χ1n) is 8.81. The van der Waals surface area contributed by atoms with Crippen LogP contribution in [0.1, 0.15) is 20.8 Å². The van der Waals surface area contributed by atoms with Crippen LogP contribution in [0.5, 0.6) is 0 Å². The van der Waals surface area contributed by atoms with Crippen molar-refractivity contribution >= 4 is 47.3 Å². The lowest BCUT2D eigenvalue weighted by molar-refractivity contribution is -0.179. The Labute approximate surface area is 177 Å². The van der Waals surface area contributed by atoms with E-state index in [0.717, 1.165) is 0 Å². The van der Waals surface area contributed by atoms with Crippen molar-refractivity contribution < 1.29 is 63.8 Å². The molecule has 4 unspecified atom stereocenters. The molecule has 1 aliphatic heterocycles. The number of carbonyl (C=O) groups is 7. The average molecular weight is 455 g/mol. The molecular weight excluding hydrogens is 438 g/mol. The van der Waals surface area contributed by atoms with Gasteiger partial charge in [-0.1, -0.05) is 0 Å². The number of hydrogen-bond acceptors (Lipinski definition) is 9. The number of aliphatic carboxylic acids is 5. The summed E-state index contributed by atoms with van der Waals surface area (Å²) in [6.45, 7) is 2.06. The summed E-state index contributed by atoms with van der Waals surface area (Å²) in [7, 11) is 0. The number of carbonyl (C=O) groups excluding carboxylic acids is 2. The van der Waals surface area contributed by atoms with E-state index in [4.69, 9.17) is 0 Å². The van der Waals surface area contributed by atoms with Crippen LogP contribution < -0.4 is 0 Å². The Kier molecular flexibility index (Phi) is 5.47. The second-order valence-electron chi connectivity index (χ2n) is 7.27. The lowest BCUT2D eigenvalue weighted by Crippen LogP contribution is -2.68. The van der Waals surface area contributed by atoms with Crippen LogP contribution in [0.25, 0.3) is 0 Å². The predicted molar refractivity (Wildman–Crippen MR) is 96.7 cm³/mol. The van der Waals surface area contributed by atoms with E-state index in [2.05, 4.69) is 9.73 Å². The SMILES string of the molecule is CCOC(=O)C1=C(C(=O)O)C2=NC(C)(C(=O)O)C(C)(C(=O)O)C2(C(=O)O)C(=O)C1C(=O)O. The zero-order chi connectivity index (χ0) is 25.0. The third kappa shape index (κ3) is 2.52. The van der Waals surface area contributed by atoms with Crippen LogP contribution >= 0.6 is 0 Å². The monoisotopic (exact) mass is 455 g/mol. The number of Topliss-reactive ketones (excluding diaryl/α,β-unsaturated/α-hetero) is 1. The molecule has 0 aromatic rings. The van der Waals surface area contributed by atoms with Crippen LogP contribution in [0, 0.1) is 16.7 Å². The lowest BCUT2D eigenvalue weighted by atomic mass is 9.50. The van der Waals surface area contributed by atoms with Crippen LogP contribution in [0.3, 0.4) is 0 Å². The number of fused-ring (bicyclic) bond motifs is 1. The number of hydrogen-bond donors (Lipinski definition) is 5. The van der Waals surface area contributed by atoms with Crippen molar-refractivity contribution in [1.82, 2.24) is 0 Å². The van der Waals surface area contributed by atoms with Crippen molar-refractivity contribution in [3.8, 4) is 0 Å². The maximum atomic E-state index is 13.4. The van der Waals surface area contributed by atoms with Gasteiger partial charge in [0.1, 0.15) is 11.3 Å². The Morgan fingerprint density at radius 2 is 1.47 bits per heavy atom. The minimum absolute atomic E-state index is 0.397. The Bertz CT molecular complexity index is 1070. The van der Waals surface area contributed by atoms with Gasteiger partial charge in [-0.3, -0.25) is 24.2 Å². The molecule has 0 radical (unpaired) electrons. The number of nitrogens with zero attached hydrogens (tertiary/aromatic N) is 1. The molecule has 0 aromatic carbocycles. The minimum Gasteiger partial charge on any atom is -0.481 e. The third-order valence-corrected chi connectivity index (χ3v) is 5.96. The smallest absolute Gasteiger partial charge is 0.338 e. The highest BCUT2D eigenvalue weighted by Crippen LogP contribution is 2.60. The molecule has 0 amide bonds. The van der Waals surface area contributed by atoms with Gasteiger partial charge in [0.15, 0.2) is 16.7 Å². The Hall–Kier alpha value is -4.10. The molecule has 0 spiro atoms. The average Bonchev–Trinajstić information content (AvgIpc) is 2.88. The van der Waals surface area contributed by atoms with Crippen molar-refractivity contribution in [2.45, 2.75) is 26.3 Å². The summed E-state index contributed by atoms with van der Waals surface area (Å²) in [5, 5.41) is 48.9. The summed E-state index contributed by atoms with van der Waals surface area (Å²) in [6.07, 6.45) is 0. The number of ether oxygens (including phenoxy) is 1. The zero-order valence-corrected chi connectivity index (χ0v) is 16.7. The maximum absolute atomic E-state index is 13.4. The molecule has 4 atom stereocenters. The Morgan fingerprint density at radius 3 is 1.81 bits per heavy atom. The molecule has 0 aromatic heterocycles. The molecule has 1 aliphatic carbocycles. The van der Waals surface area contributed by atoms with Crippen molar-refractivity contribution in [3.05, 3.63) is 11.1 Å². The summed E-state index contributed by atoms with van der Waals surface area (Å²) >= 11 is 0. The molecule has 172 valence electrons. The molecule has 0 saturated carbocycles. The van der Waals surface area contributed by atoms with Crippen LogP contribution in [0.2, 0.25) is 0 Å². The van der Waals surface area contributed by atoms with E-state index in [9.17, 15) is 59.1 Å². The quantitative estimate of drug-likeness (QED) is 0.221. The molecule has 5 N–H and O–H groups in total. The Balaban J connectivity index is 3.26. The van der Waals surface area contributed by atoms with Gasteiger partial charge in [0.25, 0.3) is 0 Å². The number of ketones is 1. The zero-order valence-electron chi connectivity index (χ0n) is 16.7. The largest absolute Gasteiger partial charge is 0.481 e. The van der Waals surface area contributed by atoms with Crippen molar-refractivity contribution in [1.29, 1.82) is 0 Å². The van der Waals surface area contributed by atoms with Gasteiger partial charge in [0.05, 0.1) is 23.5 Å². The molecule has 0 saturated heterocycles. The summed E-state index contributed by atoms with van der Waals surface area (Å²) in [4.78, 5) is 90.1. The summed E-state index contributed by atoms with van der Waals surface area (Å²) in [6, 6.07) is 0. The molecule has 32 heavy (non-hydrogen) atoms. The van der Waals surface area contributed by atoms with Crippen LogP contribution in [0.4, 0.5) is 0 Å². The highest BCUT2D eigenvalue weighted by Gasteiger charge is 2.82. The molecule has 2 aliphatic rings. The minimum atomic E-state index is -3.57. The lowest BCUT2D eigenvalue weighted by Gasteiger charge is -2.44. The van der Waals surface area contributed by atoms with Crippen LogP contribution in [0.15, 0.2) is 16.1 Å². The topological polar surface area (TPSA) is 242 Å². The normalized spacial score (nSPS) is 31.4. The molecule has 1 heterocycles. The van der Waals surface area contributed by atoms with Gasteiger partial charge in [-0.2, -0.15) is 0 Å². The van der Waals surface area contributed by atoms with E-state index in [1.165, 1.54) is 6.92 Å². The molecule has 0 fully saturated rings. The van der Waals surface area contributed by atoms with E-state index >= 15 is 0 Å². The van der Waals surface area contributed by atoms with Crippen LogP contribution in [-0.2, 0) is 38.3 Å². The van der Waals surface area contributed by atoms with E-state index < -0.39 is 87.4 Å². The van der Waals surface area contributed by atoms with Gasteiger partial charge in [0.2, 0.25) is 0 Å². The van der Waals surface area contributed by atoms with Gasteiger partial charge in [-0.15, -0.1) is 0 Å². The highest BCUT2D eigenvalue weighted by atomic mass is 16.5. The second-order valence-corrected chi connectivity index (χ2v) is 7.27. The number of aliphatic imine (C=N–C) groups is 1. The third-order valence-electron chi connectivity index (χ3n) is 5.96. The Morgan fingerprint density at radius 1 is 0.938 bits per heavy atom. The van der Waals surface area contributed by atoms with Crippen molar-refractivity contribution in [2.24, 2.45) is 21.7 Å². The number of carboxylic acids is 5. The van der Waals surface area contributed by atoms with Gasteiger partial charge in [-0.05, 0) is 20.8 Å². The maximum Gasteiger partial charge on any atom is 0.338 e. The standard InChI is InChI=1S/C18H17NO13/c1-4-32-12(25)5-6(10(21)22)8-18(15(30)31,9(20)7(5)11(23)24)16(2,13(26)27)17(3,19-8)14(28)29/h7H,4H2,1-3H3,(H,21,22)(H,23,24)(H,26,27)(H,28,29)(H,30,31). The second kappa shape index (κ2) is 7.25. The number of rotatable bonds is 7. The van der Waals surface area contributed by atoms with E-state index in [1.54, 1.807) is 0 Å². The fraction of sp³-hybridized carbons (Fsp3) is 0.444. The molecule has 14 nitrogen and oxygen atoms in total. The fourth-order valence-corrected chi connectivity index (χ4v) is 4.18. The van der Waals surface area contributed by atoms with Crippen LogP contribution in [-0.4, -0.2) is 85.0 Å². The predicted octanol–water partition coefficient (Wildman–Crippen LogP) is -1.33. The number of esters is 1. The van der Waals surface area contributed by atoms with Gasteiger partial charge in [-0.25, -0.2) is 14.4 Å². The molecule has 14 heteroatoms. The van der Waals surface area contributed by atoms with E-state index in [1.807, 2.05) is 0 Å². The first kappa shape index (κ1) is 24.2. The van der Waals surface area contributed by atoms with Gasteiger partial charge >= 0.3 is 35.8 Å². The van der Waals surface area contributed by atoms with E-state index in [0.29, 0.717) is 13.8 Å². The molecular formula is C18H17NO13. The van der Waals surface area contributed by atoms with E-state index in [-0.39, 0.29) is 0 Å². The first-order valence-corrected chi connectivity index (χ1v) is 8.81. The summed E-state index contributed by atoms with van der Waals surface area (Å²) in [5.74, 6) is -17.2. The summed E-state index contributed by atoms with van der Waals surface area (Å²) in [5.41, 5.74) is -13.8. The van der Waals surface area contributed by atoms with Gasteiger partial charge < -0.3 is 30.3 Å². The molecule has 0 bridgehead atoms. The van der Waals surface area contributed by atoms with Crippen molar-refractivity contribution in [2.75, 3.05) is 6.61 Å². The fourth-order valence-electron chi connectivity index (χ4n) is 4.18. The van der Waals surface area contributed by atoms with Gasteiger partial charge in [0, 0.05) is 0 Å². The summed E-state index contributed by atoms with van der Waals surface area (Å²) < 4.78 is 4.62. The van der Waals surface area contributed by atoms with Crippen molar-refractivity contribution in [3.63, 3.8) is 0 Å².